The molecule has 158 valence electrons. The molecule has 32 heavy (non-hydrogen) atoms. The minimum absolute atomic E-state index is 0.106. The molecule has 0 saturated carbocycles. The van der Waals surface area contributed by atoms with E-state index in [9.17, 15) is 9.59 Å². The van der Waals surface area contributed by atoms with Crippen LogP contribution in [0.3, 0.4) is 0 Å². The topological polar surface area (TPSA) is 69.7 Å². The fraction of sp³-hybridized carbons (Fsp3) is 0.0769. The van der Waals surface area contributed by atoms with E-state index in [1.807, 2.05) is 30.3 Å². The van der Waals surface area contributed by atoms with Crippen molar-refractivity contribution in [2.75, 3.05) is 0 Å². The Labute approximate surface area is 187 Å². The number of halogens is 1. The van der Waals surface area contributed by atoms with Crippen LogP contribution >= 0.6 is 11.6 Å². The molecule has 3 aromatic carbocycles. The van der Waals surface area contributed by atoms with Gasteiger partial charge in [-0.3, -0.25) is 4.79 Å². The molecule has 0 aliphatic carbocycles. The monoisotopic (exact) mass is 444 g/mol. The number of carbonyl (C=O) groups is 1. The average Bonchev–Trinajstić information content (AvgIpc) is 3.20. The molecule has 0 amide bonds. The summed E-state index contributed by atoms with van der Waals surface area (Å²) < 4.78 is 17.0. The zero-order chi connectivity index (χ0) is 22.2. The van der Waals surface area contributed by atoms with Gasteiger partial charge in [-0.1, -0.05) is 41.9 Å². The molecular weight excluding hydrogens is 428 g/mol. The van der Waals surface area contributed by atoms with Crippen molar-refractivity contribution in [1.82, 2.24) is 0 Å². The SMILES string of the molecule is Cc1cc2oc(=O)cc(-c3cc4ccccc4o3)c2cc1OC(=O)Cc1ccc(Cl)cc1. The normalized spacial score (nSPS) is 11.2. The van der Waals surface area contributed by atoms with Crippen molar-refractivity contribution in [3.63, 3.8) is 0 Å². The van der Waals surface area contributed by atoms with Crippen LogP contribution in [-0.2, 0) is 11.2 Å². The molecule has 0 unspecified atom stereocenters. The van der Waals surface area contributed by atoms with Crippen LogP contribution in [0.5, 0.6) is 5.75 Å². The Morgan fingerprint density at radius 3 is 2.50 bits per heavy atom. The average molecular weight is 445 g/mol. The number of hydrogen-bond acceptors (Lipinski definition) is 5. The van der Waals surface area contributed by atoms with Crippen LogP contribution in [0.15, 0.2) is 86.4 Å². The first kappa shape index (κ1) is 20.1. The van der Waals surface area contributed by atoms with Gasteiger partial charge in [0.2, 0.25) is 0 Å². The minimum Gasteiger partial charge on any atom is -0.456 e. The number of hydrogen-bond donors (Lipinski definition) is 0. The van der Waals surface area contributed by atoms with Gasteiger partial charge in [-0.25, -0.2) is 4.79 Å². The van der Waals surface area contributed by atoms with E-state index in [1.54, 1.807) is 43.3 Å². The van der Waals surface area contributed by atoms with E-state index in [0.29, 0.717) is 44.2 Å². The summed E-state index contributed by atoms with van der Waals surface area (Å²) in [5.74, 6) is 0.520. The second-order valence-electron chi connectivity index (χ2n) is 7.52. The van der Waals surface area contributed by atoms with E-state index >= 15 is 0 Å². The predicted octanol–water partition coefficient (Wildman–Crippen LogP) is 6.32. The second kappa shape index (κ2) is 8.02. The van der Waals surface area contributed by atoms with Gasteiger partial charge < -0.3 is 13.6 Å². The molecule has 5 aromatic rings. The van der Waals surface area contributed by atoms with Crippen molar-refractivity contribution in [3.05, 3.63) is 99.4 Å². The van der Waals surface area contributed by atoms with Crippen molar-refractivity contribution in [2.45, 2.75) is 13.3 Å². The Balaban J connectivity index is 1.54. The lowest BCUT2D eigenvalue weighted by molar-refractivity contribution is -0.133. The van der Waals surface area contributed by atoms with Gasteiger partial charge >= 0.3 is 11.6 Å². The van der Waals surface area contributed by atoms with E-state index in [0.717, 1.165) is 10.9 Å². The maximum Gasteiger partial charge on any atom is 0.336 e. The summed E-state index contributed by atoms with van der Waals surface area (Å²) in [5, 5.41) is 2.14. The molecule has 0 aliphatic rings. The van der Waals surface area contributed by atoms with Crippen LogP contribution in [0.2, 0.25) is 5.02 Å². The molecule has 0 radical (unpaired) electrons. The van der Waals surface area contributed by atoms with E-state index < -0.39 is 11.6 Å². The second-order valence-corrected chi connectivity index (χ2v) is 7.96. The Morgan fingerprint density at radius 1 is 0.938 bits per heavy atom. The van der Waals surface area contributed by atoms with E-state index in [1.165, 1.54) is 6.07 Å². The largest absolute Gasteiger partial charge is 0.456 e. The minimum atomic E-state index is -0.486. The summed E-state index contributed by atoms with van der Waals surface area (Å²) in [6.45, 7) is 1.79. The van der Waals surface area contributed by atoms with Crippen molar-refractivity contribution in [3.8, 4) is 17.1 Å². The van der Waals surface area contributed by atoms with E-state index in [4.69, 9.17) is 25.2 Å². The van der Waals surface area contributed by atoms with Gasteiger partial charge in [0.05, 0.1) is 6.42 Å². The molecule has 5 rings (SSSR count). The molecule has 5 nitrogen and oxygen atoms in total. The highest BCUT2D eigenvalue weighted by atomic mass is 35.5. The maximum absolute atomic E-state index is 12.5. The van der Waals surface area contributed by atoms with Gasteiger partial charge in [0.15, 0.2) is 0 Å². The molecule has 0 fully saturated rings. The third kappa shape index (κ3) is 3.90. The highest BCUT2D eigenvalue weighted by molar-refractivity contribution is 6.30. The quantitative estimate of drug-likeness (QED) is 0.184. The number of fused-ring (bicyclic) bond motifs is 2. The third-order valence-corrected chi connectivity index (χ3v) is 5.47. The smallest absolute Gasteiger partial charge is 0.336 e. The molecule has 0 saturated heterocycles. The number of rotatable bonds is 4. The van der Waals surface area contributed by atoms with Crippen LogP contribution in [0.25, 0.3) is 33.3 Å². The first-order chi connectivity index (χ1) is 15.5. The van der Waals surface area contributed by atoms with Gasteiger partial charge in [-0.2, -0.15) is 0 Å². The summed E-state index contributed by atoms with van der Waals surface area (Å²) >= 11 is 5.90. The number of aryl methyl sites for hydroxylation is 1. The molecular formula is C26H17ClO5. The van der Waals surface area contributed by atoms with Crippen LogP contribution < -0.4 is 10.4 Å². The zero-order valence-electron chi connectivity index (χ0n) is 17.1. The van der Waals surface area contributed by atoms with Crippen LogP contribution in [-0.4, -0.2) is 5.97 Å². The number of para-hydroxylation sites is 1. The zero-order valence-corrected chi connectivity index (χ0v) is 17.8. The van der Waals surface area contributed by atoms with Crippen LogP contribution in [0, 0.1) is 6.92 Å². The maximum atomic E-state index is 12.5. The summed E-state index contributed by atoms with van der Waals surface area (Å²) in [6, 6.07) is 21.3. The van der Waals surface area contributed by atoms with Gasteiger partial charge in [0.1, 0.15) is 22.7 Å². The molecule has 0 N–H and O–H groups in total. The number of furan rings is 1. The van der Waals surface area contributed by atoms with E-state index in [-0.39, 0.29) is 6.42 Å². The fourth-order valence-electron chi connectivity index (χ4n) is 3.65. The van der Waals surface area contributed by atoms with E-state index in [2.05, 4.69) is 0 Å². The third-order valence-electron chi connectivity index (χ3n) is 5.22. The highest BCUT2D eigenvalue weighted by Crippen LogP contribution is 2.35. The first-order valence-corrected chi connectivity index (χ1v) is 10.4. The van der Waals surface area contributed by atoms with Crippen LogP contribution in [0.4, 0.5) is 0 Å². The molecule has 0 spiro atoms. The Hall–Kier alpha value is -3.83. The number of carbonyl (C=O) groups excluding carboxylic acids is 1. The highest BCUT2D eigenvalue weighted by Gasteiger charge is 2.16. The summed E-state index contributed by atoms with van der Waals surface area (Å²) in [6.07, 6.45) is 0.106. The van der Waals surface area contributed by atoms with Gasteiger partial charge in [0.25, 0.3) is 0 Å². The van der Waals surface area contributed by atoms with Crippen LogP contribution in [0.1, 0.15) is 11.1 Å². The first-order valence-electron chi connectivity index (χ1n) is 9.99. The standard InChI is InChI=1S/C26H17ClO5/c1-15-10-23-19(13-22(15)31-25(28)11-16-6-8-18(27)9-7-16)20(14-26(29)32-23)24-12-17-4-2-3-5-21(17)30-24/h2-10,12-14H,11H2,1H3. The number of ether oxygens (including phenoxy) is 1. The Bertz CT molecular complexity index is 1490. The molecule has 0 atom stereocenters. The number of benzene rings is 3. The lowest BCUT2D eigenvalue weighted by Gasteiger charge is -2.10. The fourth-order valence-corrected chi connectivity index (χ4v) is 3.77. The lowest BCUT2D eigenvalue weighted by Crippen LogP contribution is -2.12. The van der Waals surface area contributed by atoms with Crippen molar-refractivity contribution >= 4 is 39.5 Å². The Kier molecular flexibility index (Phi) is 5.04. The molecule has 2 aromatic heterocycles. The van der Waals surface area contributed by atoms with Gasteiger partial charge in [-0.15, -0.1) is 0 Å². The molecule has 6 heteroatoms. The predicted molar refractivity (Wildman–Crippen MR) is 123 cm³/mol. The summed E-state index contributed by atoms with van der Waals surface area (Å²) in [5.41, 5.74) is 2.66. The van der Waals surface area contributed by atoms with Gasteiger partial charge in [0, 0.05) is 27.4 Å². The van der Waals surface area contributed by atoms with Crippen molar-refractivity contribution in [1.29, 1.82) is 0 Å². The van der Waals surface area contributed by atoms with Gasteiger partial charge in [-0.05, 0) is 54.4 Å². The molecule has 0 bridgehead atoms. The summed E-state index contributed by atoms with van der Waals surface area (Å²) in [4.78, 5) is 24.7. The summed E-state index contributed by atoms with van der Waals surface area (Å²) in [7, 11) is 0. The van der Waals surface area contributed by atoms with Crippen molar-refractivity contribution < 1.29 is 18.4 Å². The molecule has 2 heterocycles. The lowest BCUT2D eigenvalue weighted by atomic mass is 10.0. The Morgan fingerprint density at radius 2 is 1.72 bits per heavy atom. The van der Waals surface area contributed by atoms with Crippen molar-refractivity contribution in [2.24, 2.45) is 0 Å². The number of esters is 1. The molecule has 0 aliphatic heterocycles.